The van der Waals surface area contributed by atoms with Crippen LogP contribution in [0.2, 0.25) is 0 Å². The molecular weight excluding hydrogens is 262 g/mol. The fourth-order valence-corrected chi connectivity index (χ4v) is 3.04. The zero-order valence-electron chi connectivity index (χ0n) is 13.6. The van der Waals surface area contributed by atoms with Crippen LogP contribution >= 0.6 is 0 Å². The minimum absolute atomic E-state index is 0.125. The van der Waals surface area contributed by atoms with E-state index in [4.69, 9.17) is 0 Å². The normalized spacial score (nSPS) is 17.6. The number of urea groups is 1. The van der Waals surface area contributed by atoms with E-state index in [9.17, 15) is 4.79 Å². The highest BCUT2D eigenvalue weighted by molar-refractivity contribution is 5.73. The Morgan fingerprint density at radius 2 is 1.90 bits per heavy atom. The first kappa shape index (κ1) is 15.8. The topological polar surface area (TPSA) is 35.6 Å². The lowest BCUT2D eigenvalue weighted by molar-refractivity contribution is 0.151. The number of hydrogen-bond donors (Lipinski definition) is 1. The Kier molecular flexibility index (Phi) is 5.23. The van der Waals surface area contributed by atoms with E-state index < -0.39 is 0 Å². The van der Waals surface area contributed by atoms with Gasteiger partial charge < -0.3 is 15.1 Å². The van der Waals surface area contributed by atoms with Crippen molar-refractivity contribution in [1.29, 1.82) is 0 Å². The number of benzene rings is 1. The molecule has 1 aromatic rings. The van der Waals surface area contributed by atoms with Gasteiger partial charge in [-0.2, -0.15) is 0 Å². The molecular formula is C17H27N3O. The SMILES string of the molecule is Cc1ccccc1[C@@H](C)NC1CCN(C(=O)N(C)C)CC1. The first-order valence-electron chi connectivity index (χ1n) is 7.77. The standard InChI is InChI=1S/C17H27N3O/c1-13-7-5-6-8-16(13)14(2)18-15-9-11-20(12-10-15)17(21)19(3)4/h5-8,14-15,18H,9-12H2,1-4H3/t14-/m1/s1. The van der Waals surface area contributed by atoms with Gasteiger partial charge in [-0.1, -0.05) is 24.3 Å². The molecule has 1 N–H and O–H groups in total. The lowest BCUT2D eigenvalue weighted by Gasteiger charge is -2.35. The summed E-state index contributed by atoms with van der Waals surface area (Å²) < 4.78 is 0. The van der Waals surface area contributed by atoms with Crippen molar-refractivity contribution in [2.75, 3.05) is 27.2 Å². The van der Waals surface area contributed by atoms with Crippen LogP contribution in [0.5, 0.6) is 0 Å². The predicted molar refractivity (Wildman–Crippen MR) is 86.4 cm³/mol. The van der Waals surface area contributed by atoms with E-state index in [1.165, 1.54) is 11.1 Å². The molecule has 1 fully saturated rings. The molecule has 0 aliphatic carbocycles. The highest BCUT2D eigenvalue weighted by atomic mass is 16.2. The maximum Gasteiger partial charge on any atom is 0.319 e. The molecule has 1 aliphatic heterocycles. The van der Waals surface area contributed by atoms with Gasteiger partial charge in [-0.3, -0.25) is 0 Å². The summed E-state index contributed by atoms with van der Waals surface area (Å²) in [5.41, 5.74) is 2.70. The molecule has 1 aromatic carbocycles. The summed E-state index contributed by atoms with van der Waals surface area (Å²) in [5, 5.41) is 3.71. The van der Waals surface area contributed by atoms with Crippen molar-refractivity contribution in [1.82, 2.24) is 15.1 Å². The molecule has 0 bridgehead atoms. The molecule has 116 valence electrons. The Labute approximate surface area is 128 Å². The minimum atomic E-state index is 0.125. The Hall–Kier alpha value is -1.55. The maximum absolute atomic E-state index is 11.9. The van der Waals surface area contributed by atoms with E-state index in [1.807, 2.05) is 19.0 Å². The van der Waals surface area contributed by atoms with Gasteiger partial charge in [0.25, 0.3) is 0 Å². The van der Waals surface area contributed by atoms with Crippen LogP contribution in [0.25, 0.3) is 0 Å². The van der Waals surface area contributed by atoms with Gasteiger partial charge >= 0.3 is 6.03 Å². The van der Waals surface area contributed by atoms with Crippen LogP contribution in [0.3, 0.4) is 0 Å². The van der Waals surface area contributed by atoms with Gasteiger partial charge in [-0.15, -0.1) is 0 Å². The number of rotatable bonds is 3. The zero-order valence-corrected chi connectivity index (χ0v) is 13.6. The molecule has 0 saturated carbocycles. The van der Waals surface area contributed by atoms with E-state index in [2.05, 4.69) is 43.4 Å². The Bertz CT molecular complexity index is 479. The minimum Gasteiger partial charge on any atom is -0.331 e. The van der Waals surface area contributed by atoms with Gasteiger partial charge in [0.2, 0.25) is 0 Å². The predicted octanol–water partition coefficient (Wildman–Crippen LogP) is 2.79. The van der Waals surface area contributed by atoms with Crippen LogP contribution in [0, 0.1) is 6.92 Å². The average Bonchev–Trinajstić information content (AvgIpc) is 2.47. The Morgan fingerprint density at radius 1 is 1.29 bits per heavy atom. The third-order valence-corrected chi connectivity index (χ3v) is 4.29. The molecule has 4 nitrogen and oxygen atoms in total. The molecule has 21 heavy (non-hydrogen) atoms. The van der Waals surface area contributed by atoms with Gasteiger partial charge in [0.1, 0.15) is 0 Å². The third-order valence-electron chi connectivity index (χ3n) is 4.29. The summed E-state index contributed by atoms with van der Waals surface area (Å²) in [5.74, 6) is 0. The highest BCUT2D eigenvalue weighted by Crippen LogP contribution is 2.20. The molecule has 1 atom stereocenters. The Balaban J connectivity index is 1.86. The van der Waals surface area contributed by atoms with E-state index >= 15 is 0 Å². The largest absolute Gasteiger partial charge is 0.331 e. The maximum atomic E-state index is 11.9. The number of hydrogen-bond acceptors (Lipinski definition) is 2. The summed E-state index contributed by atoms with van der Waals surface area (Å²) in [4.78, 5) is 15.5. The Morgan fingerprint density at radius 3 is 2.48 bits per heavy atom. The highest BCUT2D eigenvalue weighted by Gasteiger charge is 2.24. The van der Waals surface area contributed by atoms with Crippen LogP contribution in [0.1, 0.15) is 36.9 Å². The van der Waals surface area contributed by atoms with Crippen molar-refractivity contribution < 1.29 is 4.79 Å². The number of nitrogens with zero attached hydrogens (tertiary/aromatic N) is 2. The van der Waals surface area contributed by atoms with Crippen molar-refractivity contribution in [3.63, 3.8) is 0 Å². The summed E-state index contributed by atoms with van der Waals surface area (Å²) in [6, 6.07) is 9.50. The first-order valence-corrected chi connectivity index (χ1v) is 7.77. The zero-order chi connectivity index (χ0) is 15.4. The second-order valence-electron chi connectivity index (χ2n) is 6.18. The number of carbonyl (C=O) groups is 1. The van der Waals surface area contributed by atoms with Crippen molar-refractivity contribution in [3.05, 3.63) is 35.4 Å². The summed E-state index contributed by atoms with van der Waals surface area (Å²) >= 11 is 0. The van der Waals surface area contributed by atoms with E-state index in [-0.39, 0.29) is 6.03 Å². The summed E-state index contributed by atoms with van der Waals surface area (Å²) in [6.45, 7) is 6.07. The van der Waals surface area contributed by atoms with Gasteiger partial charge in [0, 0.05) is 39.3 Å². The fraction of sp³-hybridized carbons (Fsp3) is 0.588. The number of aryl methyl sites for hydroxylation is 1. The van der Waals surface area contributed by atoms with Gasteiger partial charge in [-0.05, 0) is 37.8 Å². The molecule has 0 unspecified atom stereocenters. The lowest BCUT2D eigenvalue weighted by atomic mass is 9.99. The van der Waals surface area contributed by atoms with Crippen molar-refractivity contribution >= 4 is 6.03 Å². The van der Waals surface area contributed by atoms with Crippen molar-refractivity contribution in [3.8, 4) is 0 Å². The van der Waals surface area contributed by atoms with Crippen LogP contribution < -0.4 is 5.32 Å². The molecule has 0 radical (unpaired) electrons. The molecule has 2 amide bonds. The number of piperidine rings is 1. The quantitative estimate of drug-likeness (QED) is 0.928. The van der Waals surface area contributed by atoms with Crippen molar-refractivity contribution in [2.45, 2.75) is 38.8 Å². The number of carbonyl (C=O) groups excluding carboxylic acids is 1. The van der Waals surface area contributed by atoms with Crippen LogP contribution in [-0.4, -0.2) is 49.1 Å². The molecule has 0 aromatic heterocycles. The second-order valence-corrected chi connectivity index (χ2v) is 6.18. The van der Waals surface area contributed by atoms with Crippen molar-refractivity contribution in [2.24, 2.45) is 0 Å². The number of likely N-dealkylation sites (tertiary alicyclic amines) is 1. The van der Waals surface area contributed by atoms with E-state index in [1.54, 1.807) is 4.90 Å². The average molecular weight is 289 g/mol. The fourth-order valence-electron chi connectivity index (χ4n) is 3.04. The van der Waals surface area contributed by atoms with Crippen LogP contribution in [-0.2, 0) is 0 Å². The van der Waals surface area contributed by atoms with Gasteiger partial charge in [0.05, 0.1) is 0 Å². The number of nitrogens with one attached hydrogen (secondary N) is 1. The molecule has 1 heterocycles. The van der Waals surface area contributed by atoms with Gasteiger partial charge in [-0.25, -0.2) is 4.79 Å². The third kappa shape index (κ3) is 3.97. The van der Waals surface area contributed by atoms with Crippen LogP contribution in [0.4, 0.5) is 4.79 Å². The number of amides is 2. The second kappa shape index (κ2) is 6.94. The molecule has 1 aliphatic rings. The summed E-state index contributed by atoms with van der Waals surface area (Å²) in [7, 11) is 3.62. The molecule has 0 spiro atoms. The first-order chi connectivity index (χ1) is 9.99. The molecule has 4 heteroatoms. The van der Waals surface area contributed by atoms with Gasteiger partial charge in [0.15, 0.2) is 0 Å². The monoisotopic (exact) mass is 289 g/mol. The van der Waals surface area contributed by atoms with E-state index in [0.717, 1.165) is 25.9 Å². The van der Waals surface area contributed by atoms with E-state index in [0.29, 0.717) is 12.1 Å². The molecule has 2 rings (SSSR count). The molecule has 1 saturated heterocycles. The van der Waals surface area contributed by atoms with Crippen LogP contribution in [0.15, 0.2) is 24.3 Å². The smallest absolute Gasteiger partial charge is 0.319 e. The lowest BCUT2D eigenvalue weighted by Crippen LogP contribution is -2.48. The summed E-state index contributed by atoms with van der Waals surface area (Å²) in [6.07, 6.45) is 2.05.